The number of aryl methyl sites for hydroxylation is 7. The van der Waals surface area contributed by atoms with E-state index in [2.05, 4.69) is 124 Å². The van der Waals surface area contributed by atoms with Crippen molar-refractivity contribution in [1.82, 2.24) is 43.9 Å². The second kappa shape index (κ2) is 35.4. The van der Waals surface area contributed by atoms with Crippen LogP contribution in [0.5, 0.6) is 17.2 Å². The van der Waals surface area contributed by atoms with Gasteiger partial charge in [-0.05, 0) is 228 Å². The maximum absolute atomic E-state index is 12.9. The molecule has 0 saturated carbocycles. The molecule has 0 saturated heterocycles. The van der Waals surface area contributed by atoms with Gasteiger partial charge in [-0.2, -0.15) is 0 Å². The Morgan fingerprint density at radius 3 is 1.62 bits per heavy atom. The van der Waals surface area contributed by atoms with Gasteiger partial charge in [-0.25, -0.2) is 29.6 Å². The van der Waals surface area contributed by atoms with Gasteiger partial charge in [0, 0.05) is 124 Å². The number of benzene rings is 4. The van der Waals surface area contributed by atoms with Gasteiger partial charge in [-0.1, -0.05) is 60.7 Å². The third-order valence-corrected chi connectivity index (χ3v) is 20.2. The highest BCUT2D eigenvalue weighted by Crippen LogP contribution is 2.32. The summed E-state index contributed by atoms with van der Waals surface area (Å²) in [5.41, 5.74) is 22.2. The third kappa shape index (κ3) is 18.5. The Balaban J connectivity index is 0.000000137. The summed E-state index contributed by atoms with van der Waals surface area (Å²) in [4.78, 5) is 66.2. The molecule has 0 bridgehead atoms. The smallest absolute Gasteiger partial charge is 0.494 e. The van der Waals surface area contributed by atoms with Crippen LogP contribution in [0.3, 0.4) is 0 Å². The molecule has 0 aliphatic carbocycles. The quantitative estimate of drug-likeness (QED) is 0.0315. The van der Waals surface area contributed by atoms with E-state index in [-0.39, 0.29) is 25.3 Å². The van der Waals surface area contributed by atoms with Crippen molar-refractivity contribution < 1.29 is 48.2 Å². The number of hydrogen-bond acceptors (Lipinski definition) is 14. The molecule has 12 heterocycles. The van der Waals surface area contributed by atoms with Crippen LogP contribution >= 0.6 is 0 Å². The van der Waals surface area contributed by atoms with Gasteiger partial charge in [-0.15, -0.1) is 0 Å². The number of nitrogens with zero attached hydrogens (tertiary/aromatic N) is 7. The van der Waals surface area contributed by atoms with E-state index < -0.39 is 11.8 Å². The summed E-state index contributed by atoms with van der Waals surface area (Å²) in [6.07, 6.45) is 16.8. The highest BCUT2D eigenvalue weighted by atomic mass is 16.7. The molecular formula is C95H103N13O10. The fourth-order valence-corrected chi connectivity index (χ4v) is 14.7. The van der Waals surface area contributed by atoms with Crippen molar-refractivity contribution in [3.63, 3.8) is 0 Å². The van der Waals surface area contributed by atoms with E-state index in [0.717, 1.165) is 191 Å². The molecule has 118 heavy (non-hydrogen) atoms. The number of aliphatic imine (C=N–C) groups is 2. The van der Waals surface area contributed by atoms with E-state index >= 15 is 0 Å². The third-order valence-electron chi connectivity index (χ3n) is 20.2. The minimum absolute atomic E-state index is 0.0165. The minimum atomic E-state index is -0.747. The van der Waals surface area contributed by atoms with Crippen molar-refractivity contribution in [2.75, 3.05) is 48.6 Å². The van der Waals surface area contributed by atoms with Gasteiger partial charge < -0.3 is 78.0 Å². The number of nitrogens with one attached hydrogen (secondary N) is 6. The number of hydrogen-bond donors (Lipinski definition) is 8. The molecule has 0 radical (unpaired) electrons. The number of amides is 1. The standard InChI is InChI=1S/C27H31N3O4.C23H24N4O2.C23H25N3O2.C22H23N3O2/c1-15(2)32-25-14-22(30-23(25)13-20-16(3)11-17(4)28-20)21-12-18-19(29-21)9-8-10-24(18)33-26(31)34-27(5,6)7;1-14-10-15(2)24-17(14)12-19-22(29-5)13-18(25-19)21-11-16-8-6-7-9-20(16)27(21)23(28)26(3)4;1-14-17(8-6-10-27)15(2)24-19(14)12-22-23(28-3)13-21(26-22)20-11-16-7-4-5-9-18(16)25-20;1-14-10-15(2)23-17(14)12-19-22(27-3)13-18(24-19)21-11-16-6-4-5-7-20(16)25(21)8-9-26/h8-15,28,30H,1-7H3;6-13,24H,1-5H3;4-5,7,9,11-13,24,26-27H,6,8,10H2,1-3H3;4-7,10-13,23,26H,8-9H2,1-3H3/b22-21?,23-13-;19-12-;21-20?,22-12-;19-12-. The summed E-state index contributed by atoms with van der Waals surface area (Å²) in [6.45, 7) is 26.7. The number of ether oxygens (including phenoxy) is 6. The van der Waals surface area contributed by atoms with Crippen LogP contribution < -0.4 is 56.8 Å². The first kappa shape index (κ1) is 82.6. The molecule has 4 aliphatic rings. The largest absolute Gasteiger partial charge is 0.514 e. The van der Waals surface area contributed by atoms with Crippen LogP contribution in [0.1, 0.15) is 126 Å². The summed E-state index contributed by atoms with van der Waals surface area (Å²) in [7, 11) is 8.46. The van der Waals surface area contributed by atoms with Gasteiger partial charge in [0.1, 0.15) is 45.8 Å². The van der Waals surface area contributed by atoms with Crippen molar-refractivity contribution in [3.05, 3.63) is 296 Å². The summed E-state index contributed by atoms with van der Waals surface area (Å²) in [5.74, 6) is 3.33. The lowest BCUT2D eigenvalue weighted by molar-refractivity contribution is 0.0204. The fraction of sp³-hybridized carbons (Fsp3) is 0.263. The van der Waals surface area contributed by atoms with Crippen molar-refractivity contribution >= 4 is 93.3 Å². The number of para-hydroxylation sites is 3. The number of carbonyl (C=O) groups excluding carboxylic acids is 2. The van der Waals surface area contributed by atoms with E-state index in [1.165, 1.54) is 16.7 Å². The van der Waals surface area contributed by atoms with E-state index in [0.29, 0.717) is 23.8 Å². The number of aromatic nitrogens is 8. The maximum atomic E-state index is 12.9. The van der Waals surface area contributed by atoms with Crippen LogP contribution in [0.4, 0.5) is 9.59 Å². The topological polar surface area (TPSA) is 287 Å². The zero-order valence-corrected chi connectivity index (χ0v) is 70.2. The van der Waals surface area contributed by atoms with E-state index in [4.69, 9.17) is 53.5 Å². The molecule has 0 spiro atoms. The predicted octanol–water partition coefficient (Wildman–Crippen LogP) is 12.5. The second-order valence-electron chi connectivity index (χ2n) is 31.0. The number of aliphatic hydroxyl groups excluding tert-OH is 2. The van der Waals surface area contributed by atoms with Gasteiger partial charge >= 0.3 is 12.2 Å². The van der Waals surface area contributed by atoms with Gasteiger partial charge in [0.15, 0.2) is 0 Å². The number of fused-ring (bicyclic) bond motifs is 4. The van der Waals surface area contributed by atoms with Gasteiger partial charge in [0.05, 0.1) is 106 Å². The van der Waals surface area contributed by atoms with Crippen LogP contribution in [-0.4, -0.2) is 138 Å². The highest BCUT2D eigenvalue weighted by molar-refractivity contribution is 6.16. The number of carbonyl (C=O) groups is 2. The average Bonchev–Trinajstić information content (AvgIpc) is 1.62. The zero-order chi connectivity index (χ0) is 84.0. The Hall–Kier alpha value is -13.4. The molecule has 23 nitrogen and oxygen atoms in total. The van der Waals surface area contributed by atoms with Crippen LogP contribution in [0.15, 0.2) is 188 Å². The Labute approximate surface area is 684 Å². The monoisotopic (exact) mass is 1590 g/mol. The Kier molecular flexibility index (Phi) is 24.8. The summed E-state index contributed by atoms with van der Waals surface area (Å²) in [5, 5.41) is 27.8. The summed E-state index contributed by atoms with van der Waals surface area (Å²) >= 11 is 0. The van der Waals surface area contributed by atoms with Gasteiger partial charge in [-0.3, -0.25) is 4.57 Å². The molecule has 0 fully saturated rings. The molecule has 4 aromatic carbocycles. The molecule has 0 atom stereocenters. The van der Waals surface area contributed by atoms with Crippen LogP contribution in [-0.2, 0) is 27.2 Å². The lowest BCUT2D eigenvalue weighted by atomic mass is 10.1. The minimum Gasteiger partial charge on any atom is -0.494 e. The summed E-state index contributed by atoms with van der Waals surface area (Å²) in [6, 6.07) is 43.8. The molecule has 23 heteroatoms. The molecule has 1 amide bonds. The number of allylic oxidation sites excluding steroid dienone is 2. The van der Waals surface area contributed by atoms with E-state index in [9.17, 15) is 14.7 Å². The first-order valence-corrected chi connectivity index (χ1v) is 39.4. The van der Waals surface area contributed by atoms with Crippen molar-refractivity contribution in [2.24, 2.45) is 20.0 Å². The number of rotatable bonds is 17. The zero-order valence-electron chi connectivity index (χ0n) is 70.2. The number of H-pyrrole nitrogens is 6. The van der Waals surface area contributed by atoms with Gasteiger partial charge in [0.25, 0.3) is 0 Å². The molecule has 608 valence electrons. The molecule has 16 rings (SSSR count). The van der Waals surface area contributed by atoms with Gasteiger partial charge in [0.2, 0.25) is 0 Å². The second-order valence-corrected chi connectivity index (χ2v) is 31.0. The first-order chi connectivity index (χ1) is 56.6. The van der Waals surface area contributed by atoms with Crippen LogP contribution in [0.2, 0.25) is 0 Å². The van der Waals surface area contributed by atoms with Crippen molar-refractivity contribution in [2.45, 2.75) is 121 Å². The van der Waals surface area contributed by atoms with Crippen molar-refractivity contribution in [1.29, 1.82) is 0 Å². The Bertz CT molecular complexity index is 6590. The lowest BCUT2D eigenvalue weighted by Gasteiger charge is -2.18. The highest BCUT2D eigenvalue weighted by Gasteiger charge is 2.27. The fourth-order valence-electron chi connectivity index (χ4n) is 14.7. The first-order valence-electron chi connectivity index (χ1n) is 39.4. The maximum Gasteiger partial charge on any atom is 0.514 e. The van der Waals surface area contributed by atoms with E-state index in [1.54, 1.807) is 77.8 Å². The number of aromatic amines is 6. The Morgan fingerprint density at radius 1 is 0.534 bits per heavy atom. The van der Waals surface area contributed by atoms with Crippen LogP contribution in [0, 0.1) is 55.4 Å². The van der Waals surface area contributed by atoms with E-state index in [1.807, 2.05) is 150 Å². The number of methoxy groups -OCH3 is 3. The molecule has 4 aliphatic heterocycles. The molecule has 8 N–H and O–H groups in total. The van der Waals surface area contributed by atoms with Crippen molar-refractivity contribution in [3.8, 4) is 17.2 Å². The number of aliphatic hydroxyl groups is 2. The lowest BCUT2D eigenvalue weighted by Crippen LogP contribution is -2.29. The molecule has 12 aromatic rings. The average molecular weight is 1590 g/mol. The Morgan fingerprint density at radius 2 is 1.06 bits per heavy atom. The molecular weight excluding hydrogens is 1480 g/mol. The predicted molar refractivity (Wildman–Crippen MR) is 468 cm³/mol. The molecule has 8 aromatic heterocycles. The SMILES string of the molecule is COC1=CC(c2cc3ccccc3n2C(=O)N(C)C)=N/C1=C\c1[nH]c(C)cc1C.COC1=CC(c2cc3ccccc3n2CCO)=N/C1=C\c1[nH]c(C)cc1C.COc1cc(=C2C=c3ccccc3=N2)[nH]/c1=C\c1[nH]c(C)c(CCCO)c1C.Cc1cc(C)c(/C=c2\[nH]c(=C3C=c4c(OC(=O)OC(C)(C)C)cccc4=N3)cc2OC(C)C)[nH]1. The normalized spacial score (nSPS) is 15.2. The van der Waals surface area contributed by atoms with Crippen LogP contribution in [0.25, 0.3) is 69.7 Å². The molecule has 0 unspecified atom stereocenters. The summed E-state index contributed by atoms with van der Waals surface area (Å²) < 4.78 is 37.4.